The van der Waals surface area contributed by atoms with Gasteiger partial charge in [-0.25, -0.2) is 0 Å². The summed E-state index contributed by atoms with van der Waals surface area (Å²) in [6.45, 7) is 4.96. The zero-order chi connectivity index (χ0) is 8.97. The first-order valence-electron chi connectivity index (χ1n) is 4.33. The minimum Gasteiger partial charge on any atom is -0.330 e. The fraction of sp³-hybridized carbons (Fsp3) is 0.500. The summed E-state index contributed by atoms with van der Waals surface area (Å²) in [5.74, 6) is 0.550. The van der Waals surface area contributed by atoms with Crippen molar-refractivity contribution in [3.8, 4) is 0 Å². The smallest absolute Gasteiger partial charge is 0.0300 e. The van der Waals surface area contributed by atoms with Crippen LogP contribution in [0.25, 0.3) is 0 Å². The van der Waals surface area contributed by atoms with Crippen LogP contribution in [-0.2, 0) is 6.42 Å². The minimum atomic E-state index is 0.550. The molecule has 1 rings (SSSR count). The van der Waals surface area contributed by atoms with Crippen molar-refractivity contribution in [2.24, 2.45) is 11.7 Å². The molecular weight excluding hydrogens is 148 g/mol. The molecule has 12 heavy (non-hydrogen) atoms. The number of nitrogens with zero attached hydrogens (tertiary/aromatic N) is 1. The Balaban J connectivity index is 2.63. The van der Waals surface area contributed by atoms with Crippen molar-refractivity contribution in [2.45, 2.75) is 20.3 Å². The Morgan fingerprint density at radius 3 is 2.83 bits per heavy atom. The third kappa shape index (κ3) is 2.62. The van der Waals surface area contributed by atoms with Gasteiger partial charge >= 0.3 is 0 Å². The van der Waals surface area contributed by atoms with Crippen LogP contribution in [0.15, 0.2) is 18.5 Å². The normalized spacial score (nSPS) is 12.9. The molecular formula is C10H16N2. The summed E-state index contributed by atoms with van der Waals surface area (Å²) in [5.41, 5.74) is 8.04. The van der Waals surface area contributed by atoms with Gasteiger partial charge in [-0.3, -0.25) is 4.98 Å². The van der Waals surface area contributed by atoms with Crippen molar-refractivity contribution < 1.29 is 0 Å². The maximum absolute atomic E-state index is 5.54. The second-order valence-electron chi connectivity index (χ2n) is 3.42. The molecule has 0 saturated carbocycles. The lowest BCUT2D eigenvalue weighted by atomic mass is 10.0. The van der Waals surface area contributed by atoms with Crippen LogP contribution in [0.2, 0.25) is 0 Å². The fourth-order valence-electron chi connectivity index (χ4n) is 1.21. The number of hydrogen-bond acceptors (Lipinski definition) is 2. The largest absolute Gasteiger partial charge is 0.330 e. The molecule has 2 N–H and O–H groups in total. The van der Waals surface area contributed by atoms with Gasteiger partial charge in [0.2, 0.25) is 0 Å². The molecule has 0 radical (unpaired) electrons. The minimum absolute atomic E-state index is 0.550. The van der Waals surface area contributed by atoms with E-state index in [0.717, 1.165) is 13.0 Å². The third-order valence-corrected chi connectivity index (χ3v) is 1.92. The molecule has 66 valence electrons. The van der Waals surface area contributed by atoms with Gasteiger partial charge in [0.05, 0.1) is 0 Å². The molecule has 1 aromatic rings. The van der Waals surface area contributed by atoms with E-state index in [0.29, 0.717) is 5.92 Å². The Hall–Kier alpha value is -0.890. The fourth-order valence-corrected chi connectivity index (χ4v) is 1.21. The number of aromatic nitrogens is 1. The van der Waals surface area contributed by atoms with E-state index in [9.17, 15) is 0 Å². The summed E-state index contributed by atoms with van der Waals surface area (Å²) < 4.78 is 0. The SMILES string of the molecule is Cc1cncc(C[C@@H](C)CN)c1. The van der Waals surface area contributed by atoms with E-state index in [1.807, 2.05) is 12.4 Å². The molecule has 0 unspecified atom stereocenters. The highest BCUT2D eigenvalue weighted by Gasteiger charge is 2.00. The van der Waals surface area contributed by atoms with Gasteiger partial charge in [-0.15, -0.1) is 0 Å². The maximum atomic E-state index is 5.54. The highest BCUT2D eigenvalue weighted by atomic mass is 14.6. The number of pyridine rings is 1. The highest BCUT2D eigenvalue weighted by Crippen LogP contribution is 2.07. The van der Waals surface area contributed by atoms with E-state index in [1.165, 1.54) is 11.1 Å². The molecule has 0 aliphatic heterocycles. The molecule has 0 aromatic carbocycles. The number of hydrogen-bond donors (Lipinski definition) is 1. The molecule has 1 aromatic heterocycles. The van der Waals surface area contributed by atoms with E-state index in [1.54, 1.807) is 0 Å². The molecule has 0 saturated heterocycles. The summed E-state index contributed by atoms with van der Waals surface area (Å²) in [7, 11) is 0. The quantitative estimate of drug-likeness (QED) is 0.735. The van der Waals surface area contributed by atoms with Crippen molar-refractivity contribution in [3.05, 3.63) is 29.6 Å². The second kappa shape index (κ2) is 4.21. The van der Waals surface area contributed by atoms with Gasteiger partial charge in [0.1, 0.15) is 0 Å². The van der Waals surface area contributed by atoms with Crippen LogP contribution in [0, 0.1) is 12.8 Å². The number of aryl methyl sites for hydroxylation is 1. The van der Waals surface area contributed by atoms with Crippen LogP contribution in [-0.4, -0.2) is 11.5 Å². The summed E-state index contributed by atoms with van der Waals surface area (Å²) in [4.78, 5) is 4.13. The van der Waals surface area contributed by atoms with Gasteiger partial charge in [0, 0.05) is 12.4 Å². The van der Waals surface area contributed by atoms with Crippen LogP contribution in [0.4, 0.5) is 0 Å². The summed E-state index contributed by atoms with van der Waals surface area (Å²) in [6.07, 6.45) is 4.82. The maximum Gasteiger partial charge on any atom is 0.0300 e. The lowest BCUT2D eigenvalue weighted by Crippen LogP contribution is -2.13. The van der Waals surface area contributed by atoms with E-state index in [-0.39, 0.29) is 0 Å². The lowest BCUT2D eigenvalue weighted by Gasteiger charge is -2.07. The first-order valence-corrected chi connectivity index (χ1v) is 4.33. The van der Waals surface area contributed by atoms with Crippen LogP contribution in [0.3, 0.4) is 0 Å². The Morgan fingerprint density at radius 2 is 2.25 bits per heavy atom. The molecule has 1 heterocycles. The number of nitrogens with two attached hydrogens (primary N) is 1. The standard InChI is InChI=1S/C10H16N2/c1-8(5-11)3-10-4-9(2)6-12-7-10/h4,6-8H,3,5,11H2,1-2H3/t8-/m1/s1. The molecule has 2 heteroatoms. The molecule has 1 atom stereocenters. The van der Waals surface area contributed by atoms with Gasteiger partial charge in [0.15, 0.2) is 0 Å². The molecule has 0 aliphatic carbocycles. The second-order valence-corrected chi connectivity index (χ2v) is 3.42. The van der Waals surface area contributed by atoms with Crippen LogP contribution in [0.5, 0.6) is 0 Å². The summed E-state index contributed by atoms with van der Waals surface area (Å²) in [6, 6.07) is 2.17. The Kier molecular flexibility index (Phi) is 3.23. The van der Waals surface area contributed by atoms with E-state index in [2.05, 4.69) is 24.9 Å². The van der Waals surface area contributed by atoms with Crippen molar-refractivity contribution in [1.82, 2.24) is 4.98 Å². The van der Waals surface area contributed by atoms with Crippen LogP contribution >= 0.6 is 0 Å². The van der Waals surface area contributed by atoms with Crippen molar-refractivity contribution in [3.63, 3.8) is 0 Å². The molecule has 0 spiro atoms. The highest BCUT2D eigenvalue weighted by molar-refractivity contribution is 5.16. The van der Waals surface area contributed by atoms with Gasteiger partial charge in [-0.05, 0) is 36.9 Å². The average molecular weight is 164 g/mol. The Morgan fingerprint density at radius 1 is 1.50 bits per heavy atom. The molecule has 2 nitrogen and oxygen atoms in total. The molecule has 0 amide bonds. The molecule has 0 fully saturated rings. The third-order valence-electron chi connectivity index (χ3n) is 1.92. The van der Waals surface area contributed by atoms with Crippen molar-refractivity contribution in [1.29, 1.82) is 0 Å². The molecule has 0 bridgehead atoms. The van der Waals surface area contributed by atoms with Gasteiger partial charge in [0.25, 0.3) is 0 Å². The first-order chi connectivity index (χ1) is 5.72. The lowest BCUT2D eigenvalue weighted by molar-refractivity contribution is 0.591. The van der Waals surface area contributed by atoms with Crippen LogP contribution < -0.4 is 5.73 Å². The van der Waals surface area contributed by atoms with E-state index >= 15 is 0 Å². The van der Waals surface area contributed by atoms with Gasteiger partial charge < -0.3 is 5.73 Å². The molecule has 0 aliphatic rings. The van der Waals surface area contributed by atoms with Crippen LogP contribution in [0.1, 0.15) is 18.1 Å². The predicted molar refractivity (Wildman–Crippen MR) is 50.9 cm³/mol. The predicted octanol–water partition coefficient (Wildman–Crippen LogP) is 1.53. The Labute approximate surface area is 73.8 Å². The van der Waals surface area contributed by atoms with Crippen molar-refractivity contribution >= 4 is 0 Å². The average Bonchev–Trinajstić information content (AvgIpc) is 2.04. The zero-order valence-electron chi connectivity index (χ0n) is 7.75. The monoisotopic (exact) mass is 164 g/mol. The van der Waals surface area contributed by atoms with E-state index < -0.39 is 0 Å². The van der Waals surface area contributed by atoms with Crippen molar-refractivity contribution in [2.75, 3.05) is 6.54 Å². The zero-order valence-corrected chi connectivity index (χ0v) is 7.75. The van der Waals surface area contributed by atoms with E-state index in [4.69, 9.17) is 5.73 Å². The van der Waals surface area contributed by atoms with Gasteiger partial charge in [-0.1, -0.05) is 13.0 Å². The summed E-state index contributed by atoms with van der Waals surface area (Å²) >= 11 is 0. The number of rotatable bonds is 3. The summed E-state index contributed by atoms with van der Waals surface area (Å²) in [5, 5.41) is 0. The topological polar surface area (TPSA) is 38.9 Å². The van der Waals surface area contributed by atoms with Gasteiger partial charge in [-0.2, -0.15) is 0 Å². The Bertz CT molecular complexity index is 245. The first kappa shape index (κ1) is 9.20.